The van der Waals surface area contributed by atoms with Crippen LogP contribution < -0.4 is 14.8 Å². The minimum absolute atomic E-state index is 0.0176. The van der Waals surface area contributed by atoms with Crippen LogP contribution in [0.25, 0.3) is 0 Å². The number of halogens is 2. The van der Waals surface area contributed by atoms with E-state index in [9.17, 15) is 33.3 Å². The van der Waals surface area contributed by atoms with E-state index in [1.807, 2.05) is 5.32 Å². The Labute approximate surface area is 167 Å². The van der Waals surface area contributed by atoms with E-state index < -0.39 is 42.5 Å². The van der Waals surface area contributed by atoms with Crippen LogP contribution in [0.15, 0.2) is 48.5 Å². The molecule has 0 aromatic heterocycles. The lowest BCUT2D eigenvalue weighted by Crippen LogP contribution is -2.34. The van der Waals surface area contributed by atoms with Crippen molar-refractivity contribution in [3.63, 3.8) is 0 Å². The quantitative estimate of drug-likeness (QED) is 0.367. The number of nitro groups is 1. The second kappa shape index (κ2) is 10.5. The monoisotopic (exact) mass is 424 g/mol. The minimum Gasteiger partial charge on any atom is -0.475 e. The number of benzene rings is 2. The van der Waals surface area contributed by atoms with Gasteiger partial charge in [-0.15, -0.1) is 0 Å². The number of nitrogens with one attached hydrogen (secondary N) is 1. The molecule has 0 aliphatic carbocycles. The zero-order chi connectivity index (χ0) is 22.1. The number of alkyl halides is 2. The Hall–Kier alpha value is -4.09. The third-order valence-corrected chi connectivity index (χ3v) is 3.37. The van der Waals surface area contributed by atoms with Crippen molar-refractivity contribution in [3.8, 4) is 11.5 Å². The normalized spacial score (nSPS) is 10.2. The number of nitro benzene ring substituents is 1. The number of para-hydroxylation sites is 2. The molecule has 0 saturated heterocycles. The van der Waals surface area contributed by atoms with Crippen LogP contribution in [0, 0.1) is 10.1 Å². The van der Waals surface area contributed by atoms with Gasteiger partial charge in [-0.3, -0.25) is 25.0 Å². The van der Waals surface area contributed by atoms with Crippen LogP contribution in [0.3, 0.4) is 0 Å². The molecule has 0 heterocycles. The second-order valence-electron chi connectivity index (χ2n) is 5.45. The summed E-state index contributed by atoms with van der Waals surface area (Å²) in [4.78, 5) is 45.4. The van der Waals surface area contributed by atoms with Gasteiger partial charge in [0.2, 0.25) is 0 Å². The topological polar surface area (TPSA) is 134 Å². The molecule has 12 heteroatoms. The summed E-state index contributed by atoms with van der Waals surface area (Å²) in [7, 11) is 0. The van der Waals surface area contributed by atoms with Gasteiger partial charge < -0.3 is 14.2 Å². The highest BCUT2D eigenvalue weighted by molar-refractivity contribution is 6.05. The van der Waals surface area contributed by atoms with E-state index in [1.54, 1.807) is 0 Å². The molecule has 0 saturated carbocycles. The average molecular weight is 424 g/mol. The lowest BCUT2D eigenvalue weighted by atomic mass is 10.2. The summed E-state index contributed by atoms with van der Waals surface area (Å²) in [5.41, 5.74) is -0.366. The zero-order valence-electron chi connectivity index (χ0n) is 15.1. The second-order valence-corrected chi connectivity index (χ2v) is 5.45. The molecular formula is C18H14F2N2O8. The molecule has 0 fully saturated rings. The number of hydrogen-bond donors (Lipinski definition) is 1. The lowest BCUT2D eigenvalue weighted by Gasteiger charge is -2.08. The fourth-order valence-electron chi connectivity index (χ4n) is 2.08. The molecule has 2 aromatic carbocycles. The third kappa shape index (κ3) is 6.82. The molecule has 0 aliphatic heterocycles. The molecule has 0 bridgehead atoms. The molecular weight excluding hydrogens is 410 g/mol. The van der Waals surface area contributed by atoms with Gasteiger partial charge in [-0.05, 0) is 30.3 Å². The van der Waals surface area contributed by atoms with Gasteiger partial charge in [-0.25, -0.2) is 4.79 Å². The summed E-state index contributed by atoms with van der Waals surface area (Å²) in [5.74, 6) is -3.12. The molecule has 30 heavy (non-hydrogen) atoms. The zero-order valence-corrected chi connectivity index (χ0v) is 15.1. The van der Waals surface area contributed by atoms with Gasteiger partial charge in [0.1, 0.15) is 5.75 Å². The fourth-order valence-corrected chi connectivity index (χ4v) is 2.08. The number of esters is 1. The highest BCUT2D eigenvalue weighted by atomic mass is 19.3. The van der Waals surface area contributed by atoms with E-state index in [2.05, 4.69) is 9.47 Å². The van der Waals surface area contributed by atoms with E-state index in [0.29, 0.717) is 0 Å². The van der Waals surface area contributed by atoms with Crippen LogP contribution >= 0.6 is 0 Å². The van der Waals surface area contributed by atoms with Gasteiger partial charge in [0.05, 0.1) is 4.92 Å². The SMILES string of the molecule is O=C(COC(=O)COc1ccccc1[N+](=O)[O-])NC(=O)c1ccc(OC(F)F)cc1. The maximum absolute atomic E-state index is 12.1. The Balaban J connectivity index is 1.78. The van der Waals surface area contributed by atoms with Gasteiger partial charge in [-0.1, -0.05) is 12.1 Å². The summed E-state index contributed by atoms with van der Waals surface area (Å²) in [6, 6.07) is 9.92. The van der Waals surface area contributed by atoms with Crippen LogP contribution in [0.1, 0.15) is 10.4 Å². The molecule has 2 amide bonds. The highest BCUT2D eigenvalue weighted by Gasteiger charge is 2.17. The summed E-state index contributed by atoms with van der Waals surface area (Å²) >= 11 is 0. The molecule has 0 spiro atoms. The predicted octanol–water partition coefficient (Wildman–Crippen LogP) is 2.07. The van der Waals surface area contributed by atoms with Crippen LogP contribution in [-0.4, -0.2) is 42.5 Å². The van der Waals surface area contributed by atoms with Crippen molar-refractivity contribution in [1.82, 2.24) is 5.32 Å². The fraction of sp³-hybridized carbons (Fsp3) is 0.167. The number of hydrogen-bond acceptors (Lipinski definition) is 8. The predicted molar refractivity (Wildman–Crippen MR) is 95.1 cm³/mol. The lowest BCUT2D eigenvalue weighted by molar-refractivity contribution is -0.385. The number of amides is 2. The number of carbonyl (C=O) groups is 3. The maximum Gasteiger partial charge on any atom is 0.387 e. The standard InChI is InChI=1S/C18H14F2N2O8/c19-18(20)30-12-7-5-11(6-8-12)17(25)21-15(23)9-29-16(24)10-28-14-4-2-1-3-13(14)22(26)27/h1-8,18H,9-10H2,(H,21,23,25). The van der Waals surface area contributed by atoms with Crippen molar-refractivity contribution in [1.29, 1.82) is 0 Å². The number of ether oxygens (including phenoxy) is 3. The molecule has 158 valence electrons. The van der Waals surface area contributed by atoms with Gasteiger partial charge in [0.25, 0.3) is 11.8 Å². The van der Waals surface area contributed by atoms with E-state index >= 15 is 0 Å². The minimum atomic E-state index is -3.02. The molecule has 0 aliphatic rings. The smallest absolute Gasteiger partial charge is 0.387 e. The van der Waals surface area contributed by atoms with Gasteiger partial charge in [0, 0.05) is 11.6 Å². The van der Waals surface area contributed by atoms with E-state index in [4.69, 9.17) is 4.74 Å². The van der Waals surface area contributed by atoms with Crippen LogP contribution in [0.4, 0.5) is 14.5 Å². The number of imide groups is 1. The summed E-state index contributed by atoms with van der Waals surface area (Å²) < 4.78 is 37.9. The Morgan fingerprint density at radius 3 is 2.33 bits per heavy atom. The van der Waals surface area contributed by atoms with Crippen LogP contribution in [0.5, 0.6) is 11.5 Å². The largest absolute Gasteiger partial charge is 0.475 e. The van der Waals surface area contributed by atoms with Crippen molar-refractivity contribution in [3.05, 3.63) is 64.2 Å². The molecule has 0 unspecified atom stereocenters. The first-order chi connectivity index (χ1) is 14.3. The Kier molecular flexibility index (Phi) is 7.74. The molecule has 10 nitrogen and oxygen atoms in total. The molecule has 1 N–H and O–H groups in total. The van der Waals surface area contributed by atoms with Crippen molar-refractivity contribution >= 4 is 23.5 Å². The summed E-state index contributed by atoms with van der Waals surface area (Å²) in [6.45, 7) is -4.52. The van der Waals surface area contributed by atoms with Crippen molar-refractivity contribution in [2.24, 2.45) is 0 Å². The van der Waals surface area contributed by atoms with Crippen LogP contribution in [-0.2, 0) is 14.3 Å². The third-order valence-electron chi connectivity index (χ3n) is 3.37. The average Bonchev–Trinajstić information content (AvgIpc) is 2.70. The van der Waals surface area contributed by atoms with E-state index in [1.165, 1.54) is 24.3 Å². The van der Waals surface area contributed by atoms with Gasteiger partial charge in [-0.2, -0.15) is 8.78 Å². The van der Waals surface area contributed by atoms with Crippen LogP contribution in [0.2, 0.25) is 0 Å². The number of carbonyl (C=O) groups excluding carboxylic acids is 3. The molecule has 2 aromatic rings. The first-order valence-corrected chi connectivity index (χ1v) is 8.17. The van der Waals surface area contributed by atoms with Crippen molar-refractivity contribution in [2.45, 2.75) is 6.61 Å². The molecule has 0 radical (unpaired) electrons. The van der Waals surface area contributed by atoms with Gasteiger partial charge >= 0.3 is 18.3 Å². The van der Waals surface area contributed by atoms with E-state index in [0.717, 1.165) is 24.3 Å². The van der Waals surface area contributed by atoms with E-state index in [-0.39, 0.29) is 22.7 Å². The Morgan fingerprint density at radius 2 is 1.70 bits per heavy atom. The maximum atomic E-state index is 12.1. The highest BCUT2D eigenvalue weighted by Crippen LogP contribution is 2.25. The summed E-state index contributed by atoms with van der Waals surface area (Å²) in [6.07, 6.45) is 0. The Morgan fingerprint density at radius 1 is 1.03 bits per heavy atom. The first-order valence-electron chi connectivity index (χ1n) is 8.17. The van der Waals surface area contributed by atoms with Crippen molar-refractivity contribution < 1.29 is 42.3 Å². The summed E-state index contributed by atoms with van der Waals surface area (Å²) in [5, 5.41) is 12.8. The Bertz CT molecular complexity index is 934. The van der Waals surface area contributed by atoms with Crippen molar-refractivity contribution in [2.75, 3.05) is 13.2 Å². The molecule has 2 rings (SSSR count). The first kappa shape index (κ1) is 22.2. The number of nitrogens with zero attached hydrogens (tertiary/aromatic N) is 1. The number of rotatable bonds is 9. The molecule has 0 atom stereocenters. The van der Waals surface area contributed by atoms with Gasteiger partial charge in [0.15, 0.2) is 19.0 Å².